The number of thioether (sulfide) groups is 1. The van der Waals surface area contributed by atoms with Crippen molar-refractivity contribution in [3.8, 4) is 0 Å². The Hall–Kier alpha value is -2.56. The molecule has 1 N–H and O–H groups in total. The zero-order chi connectivity index (χ0) is 24.3. The van der Waals surface area contributed by atoms with Crippen molar-refractivity contribution in [3.05, 3.63) is 47.4 Å². The van der Waals surface area contributed by atoms with Gasteiger partial charge in [0.1, 0.15) is 0 Å². The van der Waals surface area contributed by atoms with E-state index in [2.05, 4.69) is 30.2 Å². The van der Waals surface area contributed by atoms with Crippen molar-refractivity contribution in [2.24, 2.45) is 0 Å². The highest BCUT2D eigenvalue weighted by atomic mass is 32.2. The molecule has 4 rings (SSSR count). The minimum Gasteiger partial charge on any atom is -0.378 e. The molecule has 2 heterocycles. The van der Waals surface area contributed by atoms with Gasteiger partial charge in [0.15, 0.2) is 16.8 Å². The monoisotopic (exact) mass is 494 g/mol. The molecule has 0 amide bonds. The second-order valence-corrected chi connectivity index (χ2v) is 10.2. The van der Waals surface area contributed by atoms with Crippen molar-refractivity contribution in [1.82, 2.24) is 24.9 Å². The predicted molar refractivity (Wildman–Crippen MR) is 124 cm³/mol. The maximum atomic E-state index is 13.1. The molecule has 1 saturated carbocycles. The fraction of sp³-hybridized carbons (Fsp3) is 0.565. The molecule has 1 aromatic carbocycles. The van der Waals surface area contributed by atoms with Crippen LogP contribution in [0.5, 0.6) is 0 Å². The van der Waals surface area contributed by atoms with Crippen LogP contribution in [0, 0.1) is 0 Å². The molecule has 1 atom stereocenters. The van der Waals surface area contributed by atoms with Crippen molar-refractivity contribution >= 4 is 17.4 Å². The summed E-state index contributed by atoms with van der Waals surface area (Å²) in [6.07, 6.45) is 1.12. The van der Waals surface area contributed by atoms with E-state index in [1.165, 1.54) is 24.2 Å². The number of hydrogen-bond donors (Lipinski definition) is 1. The van der Waals surface area contributed by atoms with E-state index in [1.54, 1.807) is 6.07 Å². The molecule has 34 heavy (non-hydrogen) atoms. The Morgan fingerprint density at radius 1 is 1.15 bits per heavy atom. The van der Waals surface area contributed by atoms with E-state index in [4.69, 9.17) is 4.52 Å². The summed E-state index contributed by atoms with van der Waals surface area (Å²) in [6, 6.07) is 5.45. The lowest BCUT2D eigenvalue weighted by Gasteiger charge is -2.26. The molecule has 7 nitrogen and oxygen atoms in total. The summed E-state index contributed by atoms with van der Waals surface area (Å²) in [7, 11) is 0. The van der Waals surface area contributed by atoms with Crippen LogP contribution in [0.25, 0.3) is 0 Å². The van der Waals surface area contributed by atoms with Gasteiger partial charge >= 0.3 is 6.18 Å². The molecule has 0 spiro atoms. The highest BCUT2D eigenvalue weighted by molar-refractivity contribution is 7.99. The van der Waals surface area contributed by atoms with Gasteiger partial charge in [0.25, 0.3) is 0 Å². The number of nitrogens with one attached hydrogen (secondary N) is 1. The van der Waals surface area contributed by atoms with Gasteiger partial charge in [0, 0.05) is 17.6 Å². The molecule has 0 radical (unpaired) electrons. The number of alkyl halides is 3. The number of benzene rings is 1. The number of aromatic nitrogens is 5. The van der Waals surface area contributed by atoms with E-state index < -0.39 is 11.7 Å². The van der Waals surface area contributed by atoms with Gasteiger partial charge in [-0.05, 0) is 38.0 Å². The van der Waals surface area contributed by atoms with E-state index in [-0.39, 0.29) is 23.8 Å². The molecular formula is C23H29F3N6OS. The molecule has 184 valence electrons. The Balaban J connectivity index is 1.54. The second kappa shape index (κ2) is 10.4. The van der Waals surface area contributed by atoms with Crippen LogP contribution in [-0.2, 0) is 12.7 Å². The summed E-state index contributed by atoms with van der Waals surface area (Å²) in [4.78, 5) is 4.50. The zero-order valence-electron chi connectivity index (χ0n) is 19.5. The normalized spacial score (nSPS) is 16.2. The standard InChI is InChI=1S/C23H29F3N6OS/c1-14(2)20-28-21(33-31-20)15(3)34-22-30-29-19(32(22)18-10-5-4-6-11-18)13-27-17-9-7-8-16(12-17)23(24,25)26/h7-9,12,14-15,18,27H,4-6,10-11,13H2,1-3H3. The first-order chi connectivity index (χ1) is 16.2. The fourth-order valence-corrected chi connectivity index (χ4v) is 5.03. The number of nitrogens with zero attached hydrogens (tertiary/aromatic N) is 5. The van der Waals surface area contributed by atoms with Crippen molar-refractivity contribution in [2.45, 2.75) is 88.0 Å². The van der Waals surface area contributed by atoms with Crippen molar-refractivity contribution in [3.63, 3.8) is 0 Å². The number of anilines is 1. The van der Waals surface area contributed by atoms with Gasteiger partial charge in [-0.15, -0.1) is 10.2 Å². The maximum absolute atomic E-state index is 13.1. The van der Waals surface area contributed by atoms with Gasteiger partial charge in [-0.2, -0.15) is 18.2 Å². The summed E-state index contributed by atoms with van der Waals surface area (Å²) in [5, 5.41) is 16.6. The Bertz CT molecular complexity index is 1090. The van der Waals surface area contributed by atoms with Crippen LogP contribution in [-0.4, -0.2) is 24.9 Å². The first-order valence-corrected chi connectivity index (χ1v) is 12.5. The van der Waals surface area contributed by atoms with Gasteiger partial charge < -0.3 is 14.4 Å². The van der Waals surface area contributed by atoms with Crippen LogP contribution in [0.2, 0.25) is 0 Å². The van der Waals surface area contributed by atoms with Gasteiger partial charge in [0.2, 0.25) is 5.89 Å². The molecule has 2 aromatic heterocycles. The average Bonchev–Trinajstić information content (AvgIpc) is 3.46. The molecule has 0 saturated heterocycles. The third-order valence-electron chi connectivity index (χ3n) is 5.92. The third kappa shape index (κ3) is 5.73. The summed E-state index contributed by atoms with van der Waals surface area (Å²) >= 11 is 1.51. The highest BCUT2D eigenvalue weighted by Crippen LogP contribution is 2.38. The van der Waals surface area contributed by atoms with Gasteiger partial charge in [-0.25, -0.2) is 0 Å². The van der Waals surface area contributed by atoms with Crippen LogP contribution in [0.3, 0.4) is 0 Å². The Morgan fingerprint density at radius 2 is 1.91 bits per heavy atom. The first-order valence-electron chi connectivity index (χ1n) is 11.6. The lowest BCUT2D eigenvalue weighted by molar-refractivity contribution is -0.137. The van der Waals surface area contributed by atoms with Crippen LogP contribution in [0.1, 0.15) is 93.2 Å². The fourth-order valence-electron chi connectivity index (χ4n) is 4.06. The smallest absolute Gasteiger partial charge is 0.378 e. The van der Waals surface area contributed by atoms with Gasteiger partial charge in [-0.3, -0.25) is 0 Å². The molecular weight excluding hydrogens is 465 g/mol. The van der Waals surface area contributed by atoms with Crippen LogP contribution < -0.4 is 5.32 Å². The summed E-state index contributed by atoms with van der Waals surface area (Å²) < 4.78 is 46.8. The largest absolute Gasteiger partial charge is 0.416 e. The molecule has 1 fully saturated rings. The van der Waals surface area contributed by atoms with Gasteiger partial charge in [0.05, 0.1) is 17.4 Å². The number of halogens is 3. The van der Waals surface area contributed by atoms with Gasteiger partial charge in [-0.1, -0.05) is 56.1 Å². The highest BCUT2D eigenvalue weighted by Gasteiger charge is 2.30. The second-order valence-electron chi connectivity index (χ2n) is 8.90. The lowest BCUT2D eigenvalue weighted by atomic mass is 9.95. The number of hydrogen-bond acceptors (Lipinski definition) is 7. The van der Waals surface area contributed by atoms with Crippen LogP contribution in [0.15, 0.2) is 33.9 Å². The van der Waals surface area contributed by atoms with E-state index >= 15 is 0 Å². The summed E-state index contributed by atoms with van der Waals surface area (Å²) in [6.45, 7) is 6.28. The Morgan fingerprint density at radius 3 is 2.59 bits per heavy atom. The van der Waals surface area contributed by atoms with E-state index in [9.17, 15) is 13.2 Å². The lowest BCUT2D eigenvalue weighted by Crippen LogP contribution is -2.18. The van der Waals surface area contributed by atoms with E-state index in [0.29, 0.717) is 23.2 Å². The maximum Gasteiger partial charge on any atom is 0.416 e. The minimum absolute atomic E-state index is 0.115. The molecule has 11 heteroatoms. The molecule has 1 aliphatic rings. The minimum atomic E-state index is -4.38. The first kappa shape index (κ1) is 24.6. The average molecular weight is 495 g/mol. The van der Waals surface area contributed by atoms with Crippen LogP contribution in [0.4, 0.5) is 18.9 Å². The third-order valence-corrected chi connectivity index (χ3v) is 6.96. The predicted octanol–water partition coefficient (Wildman–Crippen LogP) is 6.77. The Labute approximate surface area is 200 Å². The summed E-state index contributed by atoms with van der Waals surface area (Å²) in [5.41, 5.74) is -0.292. The molecule has 1 aliphatic carbocycles. The summed E-state index contributed by atoms with van der Waals surface area (Å²) in [5.74, 6) is 2.08. The SMILES string of the molecule is CC(C)c1noc(C(C)Sc2nnc(CNc3cccc(C(F)(F)F)c3)n2C2CCCCC2)n1. The molecule has 3 aromatic rings. The van der Waals surface area contributed by atoms with Crippen molar-refractivity contribution in [2.75, 3.05) is 5.32 Å². The zero-order valence-corrected chi connectivity index (χ0v) is 20.3. The number of rotatable bonds is 8. The Kier molecular flexibility index (Phi) is 7.49. The molecule has 1 unspecified atom stereocenters. The topological polar surface area (TPSA) is 81.7 Å². The van der Waals surface area contributed by atoms with E-state index in [1.807, 2.05) is 20.8 Å². The molecule has 0 aliphatic heterocycles. The van der Waals surface area contributed by atoms with Crippen molar-refractivity contribution in [1.29, 1.82) is 0 Å². The quantitative estimate of drug-likeness (QED) is 0.346. The van der Waals surface area contributed by atoms with Crippen molar-refractivity contribution < 1.29 is 17.7 Å². The molecule has 0 bridgehead atoms. The van der Waals surface area contributed by atoms with E-state index in [0.717, 1.165) is 43.0 Å². The van der Waals surface area contributed by atoms with Crippen LogP contribution >= 0.6 is 11.8 Å².